The number of aryl methyl sites for hydroxylation is 1. The third kappa shape index (κ3) is 12.8. The van der Waals surface area contributed by atoms with E-state index in [2.05, 4.69) is 10.6 Å². The van der Waals surface area contributed by atoms with Crippen LogP contribution >= 0.6 is 11.8 Å². The number of aliphatic carboxylic acids is 1. The maximum Gasteiger partial charge on any atom is 0.327 e. The molecular formula is C44H52N2O12S. The molecule has 7 atom stereocenters. The lowest BCUT2D eigenvalue weighted by Crippen LogP contribution is -2.42. The molecule has 0 unspecified atom stereocenters. The summed E-state index contributed by atoms with van der Waals surface area (Å²) >= 11 is 0.556. The molecule has 7 N–H and O–H groups in total. The molecule has 15 heteroatoms. The van der Waals surface area contributed by atoms with E-state index in [-0.39, 0.29) is 35.3 Å². The van der Waals surface area contributed by atoms with Crippen molar-refractivity contribution in [1.29, 1.82) is 0 Å². The van der Waals surface area contributed by atoms with Gasteiger partial charge in [0.25, 0.3) is 0 Å². The van der Waals surface area contributed by atoms with Crippen LogP contribution in [-0.2, 0) is 19.2 Å². The van der Waals surface area contributed by atoms with Crippen LogP contribution in [0.5, 0.6) is 5.75 Å². The number of carboxylic acids is 1. The van der Waals surface area contributed by atoms with E-state index >= 15 is 0 Å². The zero-order valence-electron chi connectivity index (χ0n) is 34.0. The molecular weight excluding hydrogens is 781 g/mol. The molecule has 1 aromatic rings. The summed E-state index contributed by atoms with van der Waals surface area (Å²) in [4.78, 5) is 92.0. The molecule has 2 heterocycles. The number of carbonyl (C=O) groups is 7. The van der Waals surface area contributed by atoms with Gasteiger partial charge in [0.15, 0.2) is 11.6 Å². The third-order valence-corrected chi connectivity index (χ3v) is 11.0. The molecule has 0 saturated heterocycles. The average molecular weight is 833 g/mol. The first-order valence-electron chi connectivity index (χ1n) is 19.0. The summed E-state index contributed by atoms with van der Waals surface area (Å²) in [5.74, 6) is -8.71. The number of aromatic hydroxyl groups is 1. The number of nitrogens with one attached hydrogen (secondary N) is 2. The number of carboxylic acid groups (broad SMARTS) is 1. The van der Waals surface area contributed by atoms with Crippen molar-refractivity contribution in [2.45, 2.75) is 85.7 Å². The summed E-state index contributed by atoms with van der Waals surface area (Å²) < 4.78 is 0. The number of hydrogen-bond donors (Lipinski definition) is 7. The number of amides is 2. The number of fused-ring (bicyclic) bond motifs is 18. The van der Waals surface area contributed by atoms with Crippen LogP contribution < -0.4 is 10.6 Å². The van der Waals surface area contributed by atoms with Gasteiger partial charge >= 0.3 is 5.97 Å². The monoisotopic (exact) mass is 832 g/mol. The predicted octanol–water partition coefficient (Wildman–Crippen LogP) is 4.38. The van der Waals surface area contributed by atoms with Gasteiger partial charge in [0.2, 0.25) is 23.4 Å². The van der Waals surface area contributed by atoms with E-state index < -0.39 is 110 Å². The summed E-state index contributed by atoms with van der Waals surface area (Å²) in [6, 6.07) is -0.315. The zero-order valence-corrected chi connectivity index (χ0v) is 34.8. The molecule has 1 aromatic carbocycles. The SMILES string of the molecule is CC(=O)N[C@@H](CSC1=C2NC(=O)\C=C/C=C\C=C/[C@H](C)[C@@H](O)CC(=O)/C(C)=C\C[C@H](O)/C=C\[C@H](C)[C@H](O)[C@@H](C)/C=C(/C)C(=O)c3c(O)c(C)cc(c3C1=O)C2=O)C(=O)O. The van der Waals surface area contributed by atoms with Crippen LogP contribution in [0.25, 0.3) is 0 Å². The van der Waals surface area contributed by atoms with Crippen molar-refractivity contribution >= 4 is 52.7 Å². The van der Waals surface area contributed by atoms with Crippen LogP contribution in [-0.4, -0.2) is 96.6 Å². The lowest BCUT2D eigenvalue weighted by atomic mass is 9.83. The smallest absolute Gasteiger partial charge is 0.327 e. The Bertz CT molecular complexity index is 2090. The Hall–Kier alpha value is -5.48. The molecule has 0 saturated carbocycles. The molecule has 2 amide bonds. The number of aliphatic hydroxyl groups excluding tert-OH is 3. The number of hydrogen-bond acceptors (Lipinski definition) is 12. The number of carbonyl (C=O) groups excluding carboxylic acids is 6. The minimum atomic E-state index is -1.52. The van der Waals surface area contributed by atoms with Gasteiger partial charge in [0, 0.05) is 54.1 Å². The van der Waals surface area contributed by atoms with Gasteiger partial charge in [-0.25, -0.2) is 4.79 Å². The lowest BCUT2D eigenvalue weighted by molar-refractivity contribution is -0.140. The van der Waals surface area contributed by atoms with Crippen LogP contribution in [0.15, 0.2) is 88.6 Å². The van der Waals surface area contributed by atoms with Crippen LogP contribution in [0.3, 0.4) is 0 Å². The first kappa shape index (κ1) is 47.9. The molecule has 3 aliphatic rings. The van der Waals surface area contributed by atoms with E-state index in [4.69, 9.17) is 0 Å². The van der Waals surface area contributed by atoms with Gasteiger partial charge in [0.1, 0.15) is 17.5 Å². The molecule has 0 fully saturated rings. The molecule has 0 aromatic heterocycles. The highest BCUT2D eigenvalue weighted by Crippen LogP contribution is 2.40. The van der Waals surface area contributed by atoms with E-state index in [1.54, 1.807) is 58.1 Å². The van der Waals surface area contributed by atoms with Crippen molar-refractivity contribution in [3.8, 4) is 5.75 Å². The van der Waals surface area contributed by atoms with Gasteiger partial charge in [-0.1, -0.05) is 75.5 Å². The van der Waals surface area contributed by atoms with Crippen molar-refractivity contribution in [2.75, 3.05) is 5.75 Å². The molecule has 59 heavy (non-hydrogen) atoms. The summed E-state index contributed by atoms with van der Waals surface area (Å²) in [7, 11) is 0. The van der Waals surface area contributed by atoms with Crippen LogP contribution in [0.4, 0.5) is 0 Å². The lowest BCUT2D eigenvalue weighted by Gasteiger charge is -2.25. The van der Waals surface area contributed by atoms with Crippen LogP contribution in [0, 0.1) is 24.7 Å². The van der Waals surface area contributed by atoms with E-state index in [9.17, 15) is 59.1 Å². The number of phenols is 1. The van der Waals surface area contributed by atoms with Crippen LogP contribution in [0.2, 0.25) is 0 Å². The first-order chi connectivity index (χ1) is 27.7. The Morgan fingerprint density at radius 2 is 1.51 bits per heavy atom. The standard InChI is InChI=1S/C44H52N2O12S/c1-22-12-10-8-9-11-13-34(51)46-37-41(55)30-19-27(6)40(54)36(35(30)42(56)43(37)59-21-31(44(57)58)45-28(7)47)39(53)26(5)18-25(4)38(52)24(3)15-17-29(48)16-14-23(2)33(50)20-32(22)49/h8-15,17-19,22,24-25,29,31-32,38,48-49,52,54H,16,20-21H2,1-7H3,(H,45,47)(H,46,51)(H,57,58)/b9-8-,12-10-,13-11-,17-15-,23-14-,26-18-/t22-,24-,25-,29-,31-,32-,38-/m0/s1. The summed E-state index contributed by atoms with van der Waals surface area (Å²) in [5.41, 5.74) is -1.35. The first-order valence-corrected chi connectivity index (χ1v) is 20.0. The second-order valence-electron chi connectivity index (χ2n) is 14.7. The fourth-order valence-electron chi connectivity index (χ4n) is 6.24. The topological polar surface area (TPSA) is 245 Å². The molecule has 2 aliphatic heterocycles. The minimum absolute atomic E-state index is 0.00628. The quantitative estimate of drug-likeness (QED) is 0.204. The predicted molar refractivity (Wildman–Crippen MR) is 223 cm³/mol. The molecule has 0 radical (unpaired) electrons. The zero-order chi connectivity index (χ0) is 44.3. The number of Topliss-reactive ketones (excluding diaryl/α,β-unsaturated/α-hetero) is 4. The van der Waals surface area contributed by atoms with Crippen molar-refractivity contribution in [1.82, 2.24) is 10.6 Å². The second kappa shape index (κ2) is 21.5. The van der Waals surface area contributed by atoms with Crippen LogP contribution in [0.1, 0.15) is 91.0 Å². The number of phenolic OH excluding ortho intramolecular Hbond substituents is 1. The number of thioether (sulfide) groups is 1. The Balaban J connectivity index is 2.19. The van der Waals surface area contributed by atoms with E-state index in [0.29, 0.717) is 17.3 Å². The third-order valence-electron chi connectivity index (χ3n) is 9.86. The number of aliphatic hydroxyl groups is 3. The molecule has 0 spiro atoms. The highest BCUT2D eigenvalue weighted by Gasteiger charge is 2.39. The van der Waals surface area contributed by atoms with Gasteiger partial charge in [-0.15, -0.1) is 11.8 Å². The number of rotatable bonds is 5. The molecule has 14 nitrogen and oxygen atoms in total. The fraction of sp³-hybridized carbons (Fsp3) is 0.386. The highest BCUT2D eigenvalue weighted by atomic mass is 32.2. The van der Waals surface area contributed by atoms with E-state index in [1.807, 2.05) is 0 Å². The second-order valence-corrected chi connectivity index (χ2v) is 15.8. The maximum atomic E-state index is 14.4. The Labute approximate surface area is 347 Å². The van der Waals surface area contributed by atoms with Crippen molar-refractivity contribution in [3.05, 3.63) is 111 Å². The Kier molecular flexibility index (Phi) is 17.5. The van der Waals surface area contributed by atoms with Gasteiger partial charge in [-0.2, -0.15) is 0 Å². The molecule has 4 rings (SSSR count). The van der Waals surface area contributed by atoms with E-state index in [1.165, 1.54) is 44.2 Å². The maximum absolute atomic E-state index is 14.4. The Morgan fingerprint density at radius 1 is 0.847 bits per heavy atom. The van der Waals surface area contributed by atoms with Crippen molar-refractivity contribution < 1.29 is 59.1 Å². The molecule has 4 bridgehead atoms. The minimum Gasteiger partial charge on any atom is -0.507 e. The van der Waals surface area contributed by atoms with Crippen molar-refractivity contribution in [3.63, 3.8) is 0 Å². The van der Waals surface area contributed by atoms with E-state index in [0.717, 1.165) is 13.0 Å². The average Bonchev–Trinajstić information content (AvgIpc) is 3.17. The summed E-state index contributed by atoms with van der Waals surface area (Å²) in [6.07, 6.45) is 11.6. The number of benzene rings is 1. The number of ketones is 4. The van der Waals surface area contributed by atoms with Gasteiger partial charge in [-0.05, 0) is 50.0 Å². The fourth-order valence-corrected chi connectivity index (χ4v) is 7.32. The summed E-state index contributed by atoms with van der Waals surface area (Å²) in [6.45, 7) is 10.6. The highest BCUT2D eigenvalue weighted by molar-refractivity contribution is 8.04. The molecule has 316 valence electrons. The van der Waals surface area contributed by atoms with Gasteiger partial charge in [0.05, 0.1) is 28.8 Å². The Morgan fingerprint density at radius 3 is 2.15 bits per heavy atom. The van der Waals surface area contributed by atoms with Crippen molar-refractivity contribution in [2.24, 2.45) is 17.8 Å². The largest absolute Gasteiger partial charge is 0.507 e. The molecule has 1 aliphatic carbocycles. The van der Waals surface area contributed by atoms with Gasteiger partial charge < -0.3 is 36.2 Å². The summed E-state index contributed by atoms with van der Waals surface area (Å²) in [5, 5.41) is 58.0. The number of allylic oxidation sites excluding steroid dienone is 8. The van der Waals surface area contributed by atoms with Gasteiger partial charge in [-0.3, -0.25) is 28.8 Å². The normalized spacial score (nSPS) is 28.7.